The minimum Gasteiger partial charge on any atom is -0.455 e. The minimum absolute atomic E-state index is 0.118. The summed E-state index contributed by atoms with van der Waals surface area (Å²) >= 11 is 0. The molecule has 2 aliphatic carbocycles. The van der Waals surface area contributed by atoms with Crippen LogP contribution in [0.2, 0.25) is 0 Å². The summed E-state index contributed by atoms with van der Waals surface area (Å²) in [6.45, 7) is 4.71. The van der Waals surface area contributed by atoms with E-state index in [9.17, 15) is 0 Å². The highest BCUT2D eigenvalue weighted by Gasteiger charge is 2.46. The Morgan fingerprint density at radius 1 is 0.404 bits per heavy atom. The molecular weight excluding hydrogens is 569 g/mol. The van der Waals surface area contributed by atoms with Gasteiger partial charge in [-0.3, -0.25) is 0 Å². The lowest BCUT2D eigenvalue weighted by Crippen LogP contribution is -2.28. The molecule has 0 fully saturated rings. The van der Waals surface area contributed by atoms with E-state index in [-0.39, 0.29) is 5.41 Å². The highest BCUT2D eigenvalue weighted by atomic mass is 16.3. The van der Waals surface area contributed by atoms with Crippen LogP contribution in [-0.4, -0.2) is 0 Å². The maximum absolute atomic E-state index is 7.03. The van der Waals surface area contributed by atoms with Gasteiger partial charge in [0.05, 0.1) is 5.41 Å². The molecule has 0 saturated heterocycles. The largest absolute Gasteiger partial charge is 0.455 e. The standard InChI is InChI=1S/C46H32O/c1-45(2)39-25-11-9-19-31(39)33-21-13-22-34(43(33)45)35-23-14-24-36-38-27-37-32-20-10-12-26-40(32)46(29-15-5-3-6-16-29,30-17-7-4-8-18-30)41(37)28-42(38)47-44(35)36/h3-28H,1-2H3. The van der Waals surface area contributed by atoms with Crippen LogP contribution in [0.25, 0.3) is 55.3 Å². The third-order valence-corrected chi connectivity index (χ3v) is 10.9. The van der Waals surface area contributed by atoms with E-state index in [4.69, 9.17) is 4.42 Å². The predicted octanol–water partition coefficient (Wildman–Crippen LogP) is 11.9. The van der Waals surface area contributed by atoms with Crippen molar-refractivity contribution >= 4 is 21.9 Å². The first-order valence-corrected chi connectivity index (χ1v) is 16.5. The Morgan fingerprint density at radius 2 is 0.936 bits per heavy atom. The summed E-state index contributed by atoms with van der Waals surface area (Å²) in [5.41, 5.74) is 16.7. The second-order valence-corrected chi connectivity index (χ2v) is 13.6. The third kappa shape index (κ3) is 3.39. The molecule has 0 bridgehead atoms. The van der Waals surface area contributed by atoms with Crippen LogP contribution in [0, 0.1) is 0 Å². The maximum Gasteiger partial charge on any atom is 0.143 e. The van der Waals surface area contributed by atoms with Gasteiger partial charge in [0.1, 0.15) is 11.2 Å². The van der Waals surface area contributed by atoms with Gasteiger partial charge in [0.15, 0.2) is 0 Å². The zero-order valence-corrected chi connectivity index (χ0v) is 26.4. The Kier molecular flexibility index (Phi) is 5.33. The van der Waals surface area contributed by atoms with Gasteiger partial charge in [0.25, 0.3) is 0 Å². The molecule has 2 aliphatic rings. The van der Waals surface area contributed by atoms with Gasteiger partial charge in [-0.1, -0.05) is 159 Å². The van der Waals surface area contributed by atoms with Crippen LogP contribution in [-0.2, 0) is 10.8 Å². The number of benzene rings is 7. The van der Waals surface area contributed by atoms with Gasteiger partial charge in [-0.2, -0.15) is 0 Å². The van der Waals surface area contributed by atoms with E-state index in [1.54, 1.807) is 0 Å². The molecule has 0 aliphatic heterocycles. The molecule has 47 heavy (non-hydrogen) atoms. The van der Waals surface area contributed by atoms with Crippen molar-refractivity contribution in [2.24, 2.45) is 0 Å². The molecule has 10 rings (SSSR count). The van der Waals surface area contributed by atoms with Crippen molar-refractivity contribution in [2.75, 3.05) is 0 Å². The van der Waals surface area contributed by atoms with E-state index in [0.29, 0.717) is 0 Å². The topological polar surface area (TPSA) is 13.1 Å². The van der Waals surface area contributed by atoms with Crippen LogP contribution in [0.4, 0.5) is 0 Å². The van der Waals surface area contributed by atoms with Crippen molar-refractivity contribution in [3.8, 4) is 33.4 Å². The van der Waals surface area contributed by atoms with Crippen molar-refractivity contribution in [1.29, 1.82) is 0 Å². The van der Waals surface area contributed by atoms with E-state index in [2.05, 4.69) is 172 Å². The Hall–Kier alpha value is -5.66. The SMILES string of the molecule is CC1(C)c2ccccc2-c2cccc(-c3cccc4c3oc3cc5c(cc34)-c3ccccc3C5(c3ccccc3)c3ccccc3)c21. The minimum atomic E-state index is -0.458. The zero-order chi connectivity index (χ0) is 31.3. The molecule has 0 amide bonds. The number of rotatable bonds is 3. The Bertz CT molecular complexity index is 2490. The second kappa shape index (κ2) is 9.44. The van der Waals surface area contributed by atoms with Crippen molar-refractivity contribution in [2.45, 2.75) is 24.7 Å². The molecule has 0 radical (unpaired) electrons. The molecule has 0 atom stereocenters. The summed E-state index contributed by atoms with van der Waals surface area (Å²) in [6.07, 6.45) is 0. The van der Waals surface area contributed by atoms with E-state index in [1.807, 2.05) is 0 Å². The average molecular weight is 601 g/mol. The molecule has 0 spiro atoms. The van der Waals surface area contributed by atoms with E-state index in [0.717, 1.165) is 27.5 Å². The molecule has 0 unspecified atom stereocenters. The predicted molar refractivity (Wildman–Crippen MR) is 194 cm³/mol. The van der Waals surface area contributed by atoms with Gasteiger partial charge >= 0.3 is 0 Å². The van der Waals surface area contributed by atoms with Gasteiger partial charge in [-0.25, -0.2) is 0 Å². The van der Waals surface area contributed by atoms with Crippen LogP contribution in [0.5, 0.6) is 0 Å². The van der Waals surface area contributed by atoms with Gasteiger partial charge in [0.2, 0.25) is 0 Å². The van der Waals surface area contributed by atoms with Gasteiger partial charge in [-0.05, 0) is 73.3 Å². The number of hydrogen-bond donors (Lipinski definition) is 0. The van der Waals surface area contributed by atoms with Crippen molar-refractivity contribution < 1.29 is 4.42 Å². The maximum atomic E-state index is 7.03. The molecule has 8 aromatic rings. The molecule has 0 N–H and O–H groups in total. The first-order valence-electron chi connectivity index (χ1n) is 16.5. The van der Waals surface area contributed by atoms with E-state index < -0.39 is 5.41 Å². The average Bonchev–Trinajstić information content (AvgIpc) is 3.72. The van der Waals surface area contributed by atoms with E-state index >= 15 is 0 Å². The Balaban J connectivity index is 1.27. The van der Waals surface area contributed by atoms with Crippen molar-refractivity contribution in [1.82, 2.24) is 0 Å². The number of fused-ring (bicyclic) bond motifs is 9. The fourth-order valence-electron chi connectivity index (χ4n) is 9.02. The van der Waals surface area contributed by atoms with E-state index in [1.165, 1.54) is 61.2 Å². The number of hydrogen-bond acceptors (Lipinski definition) is 1. The van der Waals surface area contributed by atoms with Crippen LogP contribution in [0.15, 0.2) is 162 Å². The Morgan fingerprint density at radius 3 is 1.64 bits per heavy atom. The van der Waals surface area contributed by atoms with Crippen LogP contribution < -0.4 is 0 Å². The van der Waals surface area contributed by atoms with Crippen LogP contribution in [0.1, 0.15) is 47.2 Å². The van der Waals surface area contributed by atoms with Crippen LogP contribution >= 0.6 is 0 Å². The lowest BCUT2D eigenvalue weighted by Gasteiger charge is -2.33. The molecule has 1 aromatic heterocycles. The second-order valence-electron chi connectivity index (χ2n) is 13.6. The molecule has 1 heterocycles. The number of para-hydroxylation sites is 1. The zero-order valence-electron chi connectivity index (χ0n) is 26.4. The molecule has 1 heteroatoms. The summed E-state index contributed by atoms with van der Waals surface area (Å²) in [5, 5.41) is 2.31. The summed E-state index contributed by atoms with van der Waals surface area (Å²) in [4.78, 5) is 0. The lowest BCUT2D eigenvalue weighted by molar-refractivity contribution is 0.658. The molecule has 222 valence electrons. The lowest BCUT2D eigenvalue weighted by atomic mass is 9.67. The normalized spacial score (nSPS) is 14.9. The van der Waals surface area contributed by atoms with Gasteiger partial charge in [-0.15, -0.1) is 0 Å². The fraction of sp³-hybridized carbons (Fsp3) is 0.0870. The van der Waals surface area contributed by atoms with Gasteiger partial charge < -0.3 is 4.42 Å². The number of furan rings is 1. The quantitative estimate of drug-likeness (QED) is 0.197. The first-order chi connectivity index (χ1) is 23.1. The Labute approximate surface area is 274 Å². The highest BCUT2D eigenvalue weighted by Crippen LogP contribution is 2.58. The molecule has 7 aromatic carbocycles. The summed E-state index contributed by atoms with van der Waals surface area (Å²) in [5.74, 6) is 0. The fourth-order valence-corrected chi connectivity index (χ4v) is 9.02. The molecule has 1 nitrogen and oxygen atoms in total. The summed E-state index contributed by atoms with van der Waals surface area (Å²) in [6, 6.07) is 57.9. The molecular formula is C46H32O. The third-order valence-electron chi connectivity index (χ3n) is 10.9. The van der Waals surface area contributed by atoms with Crippen LogP contribution in [0.3, 0.4) is 0 Å². The summed E-state index contributed by atoms with van der Waals surface area (Å²) < 4.78 is 7.03. The monoisotopic (exact) mass is 600 g/mol. The van der Waals surface area contributed by atoms with Gasteiger partial charge in [0, 0.05) is 21.8 Å². The first kappa shape index (κ1) is 26.5. The highest BCUT2D eigenvalue weighted by molar-refractivity contribution is 6.12. The van der Waals surface area contributed by atoms with Crippen molar-refractivity contribution in [3.63, 3.8) is 0 Å². The van der Waals surface area contributed by atoms with Crippen molar-refractivity contribution in [3.05, 3.63) is 191 Å². The smallest absolute Gasteiger partial charge is 0.143 e. The summed E-state index contributed by atoms with van der Waals surface area (Å²) in [7, 11) is 0. The molecule has 0 saturated carbocycles.